The molecule has 2 saturated heterocycles. The van der Waals surface area contributed by atoms with Crippen LogP contribution in [0.5, 0.6) is 0 Å². The van der Waals surface area contributed by atoms with E-state index in [-0.39, 0.29) is 23.8 Å². The van der Waals surface area contributed by atoms with Gasteiger partial charge in [0.1, 0.15) is 0 Å². The number of carbonyl (C=O) groups excluding carboxylic acids is 2. The van der Waals surface area contributed by atoms with Crippen LogP contribution in [0.15, 0.2) is 54.6 Å². The molecule has 1 aliphatic carbocycles. The van der Waals surface area contributed by atoms with Crippen molar-refractivity contribution in [2.45, 2.75) is 38.1 Å². The second-order valence-electron chi connectivity index (χ2n) is 11.1. The van der Waals surface area contributed by atoms with Crippen molar-refractivity contribution in [2.75, 3.05) is 51.7 Å². The Morgan fingerprint density at radius 2 is 1.56 bits per heavy atom. The lowest BCUT2D eigenvalue weighted by molar-refractivity contribution is -0.125. The maximum Gasteiger partial charge on any atom is 0.255 e. The van der Waals surface area contributed by atoms with Crippen molar-refractivity contribution in [3.63, 3.8) is 0 Å². The molecule has 0 radical (unpaired) electrons. The van der Waals surface area contributed by atoms with Gasteiger partial charge < -0.3 is 20.0 Å². The fourth-order valence-corrected chi connectivity index (χ4v) is 6.45. The van der Waals surface area contributed by atoms with Crippen LogP contribution in [-0.4, -0.2) is 68.4 Å². The number of fused-ring (bicyclic) bond motifs is 1. The van der Waals surface area contributed by atoms with E-state index < -0.39 is 0 Å². The van der Waals surface area contributed by atoms with Crippen LogP contribution in [0.1, 0.15) is 54.1 Å². The van der Waals surface area contributed by atoms with Crippen LogP contribution in [0.4, 0.5) is 5.69 Å². The van der Waals surface area contributed by atoms with Gasteiger partial charge in [0.2, 0.25) is 5.91 Å². The van der Waals surface area contributed by atoms with Crippen LogP contribution in [0.3, 0.4) is 0 Å². The van der Waals surface area contributed by atoms with Crippen molar-refractivity contribution in [1.82, 2.24) is 15.1 Å². The van der Waals surface area contributed by atoms with Crippen LogP contribution < -0.4 is 10.2 Å². The van der Waals surface area contributed by atoms with E-state index in [0.29, 0.717) is 11.8 Å². The SMILES string of the molecule is CN(C)c1ccccc1C(=O)N1CC2CN(CC[C@H](NC(=O)C3CCCC3)c3ccccc3)CC2C1. The molecule has 0 spiro atoms. The zero-order valence-electron chi connectivity index (χ0n) is 21.7. The minimum absolute atomic E-state index is 0.0559. The number of benzene rings is 2. The highest BCUT2D eigenvalue weighted by Crippen LogP contribution is 2.34. The fraction of sp³-hybridized carbons (Fsp3) is 0.533. The van der Waals surface area contributed by atoms with Crippen LogP contribution in [0, 0.1) is 17.8 Å². The third kappa shape index (κ3) is 5.44. The lowest BCUT2D eigenvalue weighted by Crippen LogP contribution is -2.37. The van der Waals surface area contributed by atoms with Gasteiger partial charge in [0.05, 0.1) is 11.6 Å². The predicted octanol–water partition coefficient (Wildman–Crippen LogP) is 4.19. The molecule has 192 valence electrons. The molecule has 6 heteroatoms. The largest absolute Gasteiger partial charge is 0.377 e. The molecular weight excluding hydrogens is 448 g/mol. The topological polar surface area (TPSA) is 55.9 Å². The minimum atomic E-state index is 0.0559. The summed E-state index contributed by atoms with van der Waals surface area (Å²) in [4.78, 5) is 32.8. The van der Waals surface area contributed by atoms with E-state index in [0.717, 1.165) is 63.2 Å². The van der Waals surface area contributed by atoms with Crippen LogP contribution in [0.2, 0.25) is 0 Å². The summed E-state index contributed by atoms with van der Waals surface area (Å²) < 4.78 is 0. The van der Waals surface area contributed by atoms with E-state index in [9.17, 15) is 9.59 Å². The van der Waals surface area contributed by atoms with Gasteiger partial charge in [-0.05, 0) is 48.8 Å². The summed E-state index contributed by atoms with van der Waals surface area (Å²) >= 11 is 0. The normalized spacial score (nSPS) is 23.0. The summed E-state index contributed by atoms with van der Waals surface area (Å²) in [7, 11) is 3.98. The second-order valence-corrected chi connectivity index (χ2v) is 11.1. The van der Waals surface area contributed by atoms with Gasteiger partial charge in [0.25, 0.3) is 5.91 Å². The average molecular weight is 489 g/mol. The molecule has 1 saturated carbocycles. The maximum atomic E-state index is 13.3. The molecule has 2 unspecified atom stereocenters. The Morgan fingerprint density at radius 1 is 0.917 bits per heavy atom. The molecular formula is C30H40N4O2. The van der Waals surface area contributed by atoms with Crippen LogP contribution in [-0.2, 0) is 4.79 Å². The number of hydrogen-bond donors (Lipinski definition) is 1. The Labute approximate surface area is 215 Å². The molecule has 1 N–H and O–H groups in total. The first-order valence-corrected chi connectivity index (χ1v) is 13.6. The molecule has 2 heterocycles. The molecule has 2 aromatic rings. The quantitative estimate of drug-likeness (QED) is 0.605. The van der Waals surface area contributed by atoms with E-state index in [1.165, 1.54) is 18.4 Å². The lowest BCUT2D eigenvalue weighted by atomic mass is 10.0. The molecule has 2 aromatic carbocycles. The first-order chi connectivity index (χ1) is 17.5. The van der Waals surface area contributed by atoms with Gasteiger partial charge in [-0.3, -0.25) is 9.59 Å². The zero-order valence-corrected chi connectivity index (χ0v) is 21.7. The van der Waals surface area contributed by atoms with Gasteiger partial charge in [0.15, 0.2) is 0 Å². The highest BCUT2D eigenvalue weighted by molar-refractivity contribution is 6.00. The molecule has 6 nitrogen and oxygen atoms in total. The average Bonchev–Trinajstić information content (AvgIpc) is 3.64. The number of amides is 2. The summed E-state index contributed by atoms with van der Waals surface area (Å²) in [5.41, 5.74) is 2.97. The van der Waals surface area contributed by atoms with Crippen molar-refractivity contribution in [1.29, 1.82) is 0 Å². The molecule has 2 aliphatic heterocycles. The maximum absolute atomic E-state index is 13.3. The van der Waals surface area contributed by atoms with E-state index in [1.807, 2.05) is 49.3 Å². The summed E-state index contributed by atoms with van der Waals surface area (Å²) in [6.07, 6.45) is 5.31. The second kappa shape index (κ2) is 11.0. The Hall–Kier alpha value is -2.86. The van der Waals surface area contributed by atoms with Gasteiger partial charge >= 0.3 is 0 Å². The number of para-hydroxylation sites is 1. The predicted molar refractivity (Wildman–Crippen MR) is 144 cm³/mol. The van der Waals surface area contributed by atoms with Gasteiger partial charge in [-0.1, -0.05) is 55.3 Å². The van der Waals surface area contributed by atoms with Crippen molar-refractivity contribution in [3.8, 4) is 0 Å². The molecule has 36 heavy (non-hydrogen) atoms. The van der Waals surface area contributed by atoms with Crippen molar-refractivity contribution < 1.29 is 9.59 Å². The molecule has 3 fully saturated rings. The number of nitrogens with zero attached hydrogens (tertiary/aromatic N) is 3. The standard InChI is InChI=1S/C30H40N4O2/c1-32(2)28-15-9-8-14-26(28)30(36)34-20-24-18-33(19-25(24)21-34)17-16-27(22-10-4-3-5-11-22)31-29(35)23-12-6-7-13-23/h3-5,8-11,14-15,23-25,27H,6-7,12-13,16-21H2,1-2H3,(H,31,35)/t24?,25?,27-/m0/s1. The minimum Gasteiger partial charge on any atom is -0.377 e. The number of nitrogens with one attached hydrogen (secondary N) is 1. The molecule has 3 aliphatic rings. The Morgan fingerprint density at radius 3 is 2.22 bits per heavy atom. The molecule has 0 bridgehead atoms. The number of rotatable bonds is 8. The van der Waals surface area contributed by atoms with Crippen molar-refractivity contribution in [3.05, 3.63) is 65.7 Å². The monoisotopic (exact) mass is 488 g/mol. The van der Waals surface area contributed by atoms with Gasteiger partial charge in [-0.15, -0.1) is 0 Å². The van der Waals surface area contributed by atoms with E-state index in [1.54, 1.807) is 0 Å². The van der Waals surface area contributed by atoms with E-state index >= 15 is 0 Å². The first-order valence-electron chi connectivity index (χ1n) is 13.6. The third-order valence-corrected chi connectivity index (χ3v) is 8.44. The van der Waals surface area contributed by atoms with Crippen molar-refractivity contribution >= 4 is 17.5 Å². The fourth-order valence-electron chi connectivity index (χ4n) is 6.45. The molecule has 3 atom stereocenters. The van der Waals surface area contributed by atoms with E-state index in [2.05, 4.69) is 39.4 Å². The Kier molecular flexibility index (Phi) is 7.61. The summed E-state index contributed by atoms with van der Waals surface area (Å²) in [5.74, 6) is 1.63. The van der Waals surface area contributed by atoms with E-state index in [4.69, 9.17) is 0 Å². The third-order valence-electron chi connectivity index (χ3n) is 8.44. The molecule has 0 aromatic heterocycles. The van der Waals surface area contributed by atoms with Crippen molar-refractivity contribution in [2.24, 2.45) is 17.8 Å². The number of hydrogen-bond acceptors (Lipinski definition) is 4. The first kappa shape index (κ1) is 24.8. The zero-order chi connectivity index (χ0) is 25.1. The number of carbonyl (C=O) groups is 2. The summed E-state index contributed by atoms with van der Waals surface area (Å²) in [6.45, 7) is 4.70. The van der Waals surface area contributed by atoms with Crippen LogP contribution >= 0.6 is 0 Å². The van der Waals surface area contributed by atoms with Gasteiger partial charge in [-0.2, -0.15) is 0 Å². The van der Waals surface area contributed by atoms with Gasteiger partial charge in [0, 0.05) is 58.4 Å². The Bertz CT molecular complexity index is 1040. The highest BCUT2D eigenvalue weighted by atomic mass is 16.2. The number of likely N-dealkylation sites (tertiary alicyclic amines) is 2. The smallest absolute Gasteiger partial charge is 0.255 e. The summed E-state index contributed by atoms with van der Waals surface area (Å²) in [6, 6.07) is 18.4. The van der Waals surface area contributed by atoms with Crippen LogP contribution in [0.25, 0.3) is 0 Å². The number of anilines is 1. The Balaban J connectivity index is 1.16. The summed E-state index contributed by atoms with van der Waals surface area (Å²) in [5, 5.41) is 3.38. The highest BCUT2D eigenvalue weighted by Gasteiger charge is 2.42. The molecule has 2 amide bonds. The lowest BCUT2D eigenvalue weighted by Gasteiger charge is -2.26. The molecule has 5 rings (SSSR count). The van der Waals surface area contributed by atoms with Gasteiger partial charge in [-0.25, -0.2) is 0 Å².